The van der Waals surface area contributed by atoms with Gasteiger partial charge in [-0.05, 0) is 5.92 Å². The molecular weight excluding hydrogens is 276 g/mol. The van der Waals surface area contributed by atoms with Gasteiger partial charge in [-0.3, -0.25) is 0 Å². The minimum absolute atomic E-state index is 0.0135. The number of methoxy groups -OCH3 is 1. The van der Waals surface area contributed by atoms with Crippen LogP contribution in [-0.4, -0.2) is 50.1 Å². The Labute approximate surface area is 112 Å². The van der Waals surface area contributed by atoms with Crippen LogP contribution in [0.1, 0.15) is 20.3 Å². The Morgan fingerprint density at radius 2 is 2.11 bits per heavy atom. The molecule has 0 spiro atoms. The Morgan fingerprint density at radius 3 is 2.53 bits per heavy atom. The van der Waals surface area contributed by atoms with Gasteiger partial charge in [0.1, 0.15) is 5.84 Å². The highest BCUT2D eigenvalue weighted by Gasteiger charge is 2.25. The number of nitrogens with one attached hydrogen (secondary N) is 1. The van der Waals surface area contributed by atoms with Gasteiger partial charge in [0.15, 0.2) is 0 Å². The van der Waals surface area contributed by atoms with E-state index in [1.54, 1.807) is 4.72 Å². The first kappa shape index (κ1) is 17.4. The molecule has 0 aromatic carbocycles. The van der Waals surface area contributed by atoms with Crippen LogP contribution in [0, 0.1) is 5.92 Å². The molecule has 0 aromatic heterocycles. The maximum Gasteiger partial charge on any atom is 0.421 e. The van der Waals surface area contributed by atoms with Crippen LogP contribution in [0.15, 0.2) is 5.16 Å². The molecule has 0 aliphatic heterocycles. The van der Waals surface area contributed by atoms with Crippen LogP contribution in [-0.2, 0) is 14.9 Å². The average molecular weight is 296 g/mol. The number of carbonyl (C=O) groups excluding carboxylic acids is 1. The topological polar surface area (TPSA) is 134 Å². The molecule has 0 rings (SSSR count). The maximum atomic E-state index is 11.9. The molecular formula is C9H20N4O5S. The van der Waals surface area contributed by atoms with E-state index < -0.39 is 16.3 Å². The molecule has 0 atom stereocenters. The SMILES string of the molecule is COC(=O)NS(=O)(=O)N(CCC(N)=NO)CC(C)C. The van der Waals surface area contributed by atoms with Crippen molar-refractivity contribution in [2.45, 2.75) is 20.3 Å². The molecule has 9 nitrogen and oxygen atoms in total. The molecule has 0 bridgehead atoms. The van der Waals surface area contributed by atoms with Crippen LogP contribution in [0.25, 0.3) is 0 Å². The summed E-state index contributed by atoms with van der Waals surface area (Å²) in [5.74, 6) is -0.0523. The normalized spacial score (nSPS) is 12.8. The third kappa shape index (κ3) is 6.82. The average Bonchev–Trinajstić information content (AvgIpc) is 2.32. The van der Waals surface area contributed by atoms with Crippen LogP contribution >= 0.6 is 0 Å². The van der Waals surface area contributed by atoms with E-state index in [1.807, 2.05) is 13.8 Å². The first-order chi connectivity index (χ1) is 8.72. The largest absolute Gasteiger partial charge is 0.452 e. The van der Waals surface area contributed by atoms with Crippen LogP contribution in [0.3, 0.4) is 0 Å². The molecule has 10 heteroatoms. The fourth-order valence-corrected chi connectivity index (χ4v) is 2.47. The van der Waals surface area contributed by atoms with Crippen molar-refractivity contribution in [3.63, 3.8) is 0 Å². The van der Waals surface area contributed by atoms with Gasteiger partial charge in [-0.15, -0.1) is 0 Å². The molecule has 0 unspecified atom stereocenters. The molecule has 112 valence electrons. The Morgan fingerprint density at radius 1 is 1.53 bits per heavy atom. The zero-order chi connectivity index (χ0) is 15.1. The molecule has 0 aromatic rings. The Balaban J connectivity index is 4.86. The first-order valence-electron chi connectivity index (χ1n) is 5.55. The van der Waals surface area contributed by atoms with Crippen molar-refractivity contribution in [1.82, 2.24) is 9.03 Å². The summed E-state index contributed by atoms with van der Waals surface area (Å²) in [5.41, 5.74) is 5.29. The van der Waals surface area contributed by atoms with Gasteiger partial charge in [-0.25, -0.2) is 9.52 Å². The summed E-state index contributed by atoms with van der Waals surface area (Å²) >= 11 is 0. The Kier molecular flexibility index (Phi) is 7.16. The lowest BCUT2D eigenvalue weighted by Gasteiger charge is -2.23. The summed E-state index contributed by atoms with van der Waals surface area (Å²) in [6, 6.07) is 0. The van der Waals surface area contributed by atoms with Gasteiger partial charge in [0.05, 0.1) is 7.11 Å². The van der Waals surface area contributed by atoms with Gasteiger partial charge >= 0.3 is 16.3 Å². The number of hydrogen-bond acceptors (Lipinski definition) is 6. The number of carbonyl (C=O) groups is 1. The molecule has 0 fully saturated rings. The van der Waals surface area contributed by atoms with E-state index in [2.05, 4.69) is 9.89 Å². The van der Waals surface area contributed by atoms with E-state index in [1.165, 1.54) is 0 Å². The molecule has 4 N–H and O–H groups in total. The van der Waals surface area contributed by atoms with Gasteiger partial charge in [0.2, 0.25) is 0 Å². The number of rotatable bonds is 7. The Hall–Kier alpha value is -1.55. The number of amides is 1. The molecule has 19 heavy (non-hydrogen) atoms. The summed E-state index contributed by atoms with van der Waals surface area (Å²) < 4.78 is 30.8. The van der Waals surface area contributed by atoms with Gasteiger partial charge in [0.25, 0.3) is 0 Å². The predicted octanol–water partition coefficient (Wildman–Crippen LogP) is -0.318. The lowest BCUT2D eigenvalue weighted by atomic mass is 10.2. The highest BCUT2D eigenvalue weighted by atomic mass is 32.2. The molecule has 0 saturated heterocycles. The van der Waals surface area contributed by atoms with Crippen LogP contribution in [0.4, 0.5) is 4.79 Å². The summed E-state index contributed by atoms with van der Waals surface area (Å²) in [6.07, 6.45) is -1.02. The second-order valence-corrected chi connectivity index (χ2v) is 5.86. The molecule has 0 aliphatic rings. The third-order valence-corrected chi connectivity index (χ3v) is 3.49. The number of nitrogens with two attached hydrogens (primary N) is 1. The third-order valence-electron chi connectivity index (χ3n) is 2.05. The van der Waals surface area contributed by atoms with Gasteiger partial charge in [-0.2, -0.15) is 12.7 Å². The second-order valence-electron chi connectivity index (χ2n) is 4.19. The van der Waals surface area contributed by atoms with Crippen molar-refractivity contribution in [3.8, 4) is 0 Å². The highest BCUT2D eigenvalue weighted by Crippen LogP contribution is 2.05. The number of hydrogen-bond donors (Lipinski definition) is 3. The lowest BCUT2D eigenvalue weighted by Crippen LogP contribution is -2.46. The lowest BCUT2D eigenvalue weighted by molar-refractivity contribution is 0.176. The van der Waals surface area contributed by atoms with E-state index >= 15 is 0 Å². The fourth-order valence-electron chi connectivity index (χ4n) is 1.22. The smallest absolute Gasteiger partial charge is 0.421 e. The van der Waals surface area contributed by atoms with E-state index in [-0.39, 0.29) is 31.3 Å². The molecule has 0 aliphatic carbocycles. The molecule has 0 heterocycles. The molecule has 1 amide bonds. The minimum Gasteiger partial charge on any atom is -0.452 e. The van der Waals surface area contributed by atoms with Gasteiger partial charge in [-0.1, -0.05) is 19.0 Å². The summed E-state index contributed by atoms with van der Waals surface area (Å²) in [7, 11) is -2.95. The quantitative estimate of drug-likeness (QED) is 0.255. The summed E-state index contributed by atoms with van der Waals surface area (Å²) in [5, 5.41) is 11.2. The number of amidine groups is 1. The zero-order valence-electron chi connectivity index (χ0n) is 11.2. The van der Waals surface area contributed by atoms with Crippen LogP contribution in [0.5, 0.6) is 0 Å². The number of ether oxygens (including phenoxy) is 1. The minimum atomic E-state index is -4.02. The fraction of sp³-hybridized carbons (Fsp3) is 0.778. The van der Waals surface area contributed by atoms with E-state index in [4.69, 9.17) is 10.9 Å². The van der Waals surface area contributed by atoms with E-state index in [0.717, 1.165) is 11.4 Å². The van der Waals surface area contributed by atoms with Gasteiger partial charge in [0, 0.05) is 19.5 Å². The van der Waals surface area contributed by atoms with Crippen molar-refractivity contribution >= 4 is 22.1 Å². The zero-order valence-corrected chi connectivity index (χ0v) is 12.0. The summed E-state index contributed by atoms with van der Waals surface area (Å²) in [4.78, 5) is 11.0. The Bertz CT molecular complexity index is 420. The second kappa shape index (κ2) is 7.79. The highest BCUT2D eigenvalue weighted by molar-refractivity contribution is 7.87. The van der Waals surface area contributed by atoms with Crippen molar-refractivity contribution in [1.29, 1.82) is 0 Å². The van der Waals surface area contributed by atoms with E-state index in [9.17, 15) is 13.2 Å². The van der Waals surface area contributed by atoms with Crippen molar-refractivity contribution < 1.29 is 23.2 Å². The maximum absolute atomic E-state index is 11.9. The predicted molar refractivity (Wildman–Crippen MR) is 68.9 cm³/mol. The molecule has 0 radical (unpaired) electrons. The number of oxime groups is 1. The monoisotopic (exact) mass is 296 g/mol. The van der Waals surface area contributed by atoms with Crippen molar-refractivity contribution in [2.24, 2.45) is 16.8 Å². The standard InChI is InChI=1S/C9H20N4O5S/c1-7(2)6-13(5-4-8(10)11-15)19(16,17)12-9(14)18-3/h7,15H,4-6H2,1-3H3,(H2,10,11)(H,12,14). The number of nitrogens with zero attached hydrogens (tertiary/aromatic N) is 2. The van der Waals surface area contributed by atoms with Crippen LogP contribution < -0.4 is 10.5 Å². The van der Waals surface area contributed by atoms with Crippen molar-refractivity contribution in [3.05, 3.63) is 0 Å². The van der Waals surface area contributed by atoms with E-state index in [0.29, 0.717) is 0 Å². The summed E-state index contributed by atoms with van der Waals surface area (Å²) in [6.45, 7) is 3.82. The van der Waals surface area contributed by atoms with Gasteiger partial charge < -0.3 is 15.7 Å². The first-order valence-corrected chi connectivity index (χ1v) is 6.99. The molecule has 0 saturated carbocycles. The van der Waals surface area contributed by atoms with Crippen LogP contribution in [0.2, 0.25) is 0 Å². The van der Waals surface area contributed by atoms with Crippen molar-refractivity contribution in [2.75, 3.05) is 20.2 Å².